The van der Waals surface area contributed by atoms with Crippen molar-refractivity contribution in [3.63, 3.8) is 0 Å². The van der Waals surface area contributed by atoms with Crippen molar-refractivity contribution in [2.24, 2.45) is 20.5 Å². The molecule has 0 aliphatic carbocycles. The molecule has 0 heterocycles. The van der Waals surface area contributed by atoms with E-state index in [0.717, 1.165) is 18.4 Å². The molecule has 0 saturated heterocycles. The fourth-order valence-electron chi connectivity index (χ4n) is 4.19. The van der Waals surface area contributed by atoms with Crippen LogP contribution in [0.25, 0.3) is 21.5 Å². The highest BCUT2D eigenvalue weighted by molar-refractivity contribution is 7.90. The lowest BCUT2D eigenvalue weighted by molar-refractivity contribution is 0.481. The predicted molar refractivity (Wildman–Crippen MR) is 160 cm³/mol. The second-order valence-corrected chi connectivity index (χ2v) is 14.2. The monoisotopic (exact) mass is 639 g/mol. The molecule has 13 nitrogen and oxygen atoms in total. The molecule has 0 spiro atoms. The standard InChI is InChI=1S/C27H21N5O8S3/c1-41(33,34)18-6-8-20-22(14-18)26(11-10-24(20)28)32-31-25-12-13-27(23-15-19(43(38,39)40)7-9-21(23)25)30-29-16-2-4-17(5-3-16)42(35,36)37/h2-15H,28H2,1H3,(H,35,36,37)(H,38,39,40). The van der Waals surface area contributed by atoms with Gasteiger partial charge < -0.3 is 5.73 Å². The summed E-state index contributed by atoms with van der Waals surface area (Å²) in [6, 6.07) is 19.4. The van der Waals surface area contributed by atoms with Crippen molar-refractivity contribution in [3.05, 3.63) is 84.9 Å². The number of benzene rings is 5. The maximum atomic E-state index is 12.1. The number of fused-ring (bicyclic) bond motifs is 2. The summed E-state index contributed by atoms with van der Waals surface area (Å²) in [6.07, 6.45) is 1.09. The average Bonchev–Trinajstić information content (AvgIpc) is 2.94. The van der Waals surface area contributed by atoms with Gasteiger partial charge in [-0.05, 0) is 72.8 Å². The Bertz CT molecular complexity index is 2320. The van der Waals surface area contributed by atoms with Crippen LogP contribution in [0.3, 0.4) is 0 Å². The molecule has 43 heavy (non-hydrogen) atoms. The molecule has 0 aliphatic heterocycles. The largest absolute Gasteiger partial charge is 0.398 e. The second-order valence-electron chi connectivity index (χ2n) is 9.31. The van der Waals surface area contributed by atoms with Crippen molar-refractivity contribution >= 4 is 80.1 Å². The maximum absolute atomic E-state index is 12.1. The van der Waals surface area contributed by atoms with Crippen LogP contribution in [-0.4, -0.2) is 40.6 Å². The van der Waals surface area contributed by atoms with Gasteiger partial charge in [0, 0.05) is 33.5 Å². The van der Waals surface area contributed by atoms with E-state index in [9.17, 15) is 29.8 Å². The lowest BCUT2D eigenvalue weighted by Crippen LogP contribution is -1.97. The molecule has 0 aromatic heterocycles. The van der Waals surface area contributed by atoms with Crippen LogP contribution in [0.4, 0.5) is 28.4 Å². The Morgan fingerprint density at radius 3 is 1.53 bits per heavy atom. The molecule has 0 amide bonds. The molecule has 220 valence electrons. The molecule has 0 saturated carbocycles. The van der Waals surface area contributed by atoms with Gasteiger partial charge in [-0.1, -0.05) is 12.1 Å². The first kappa shape index (κ1) is 29.9. The first-order valence-electron chi connectivity index (χ1n) is 12.1. The second kappa shape index (κ2) is 10.9. The normalized spacial score (nSPS) is 13.0. The van der Waals surface area contributed by atoms with Crippen LogP contribution in [0.1, 0.15) is 0 Å². The molecule has 0 aliphatic rings. The van der Waals surface area contributed by atoms with Gasteiger partial charge in [-0.25, -0.2) is 8.42 Å². The Labute approximate surface area is 245 Å². The summed E-state index contributed by atoms with van der Waals surface area (Å²) in [4.78, 5) is -0.653. The summed E-state index contributed by atoms with van der Waals surface area (Å²) in [5, 5.41) is 18.5. The quantitative estimate of drug-likeness (QED) is 0.103. The van der Waals surface area contributed by atoms with Crippen LogP contribution in [0.2, 0.25) is 0 Å². The molecule has 0 unspecified atom stereocenters. The van der Waals surface area contributed by atoms with Gasteiger partial charge in [0.2, 0.25) is 0 Å². The first-order valence-corrected chi connectivity index (χ1v) is 16.9. The topological polar surface area (TPSA) is 218 Å². The summed E-state index contributed by atoms with van der Waals surface area (Å²) >= 11 is 0. The highest BCUT2D eigenvalue weighted by atomic mass is 32.2. The smallest absolute Gasteiger partial charge is 0.294 e. The van der Waals surface area contributed by atoms with Gasteiger partial charge in [0.15, 0.2) is 9.84 Å². The summed E-state index contributed by atoms with van der Waals surface area (Å²) in [6.45, 7) is 0. The number of nitrogens with zero attached hydrogens (tertiary/aromatic N) is 4. The SMILES string of the molecule is CS(=O)(=O)c1ccc2c(N)ccc(N=Nc3ccc(N=Nc4ccc(S(=O)(=O)O)cc4)c4cc(S(=O)(=O)O)ccc34)c2c1. The number of sulfone groups is 1. The van der Waals surface area contributed by atoms with Gasteiger partial charge in [0.05, 0.1) is 37.4 Å². The van der Waals surface area contributed by atoms with E-state index in [4.69, 9.17) is 10.3 Å². The van der Waals surface area contributed by atoms with Crippen LogP contribution in [0.5, 0.6) is 0 Å². The van der Waals surface area contributed by atoms with Gasteiger partial charge in [0.1, 0.15) is 0 Å². The molecule has 0 bridgehead atoms. The highest BCUT2D eigenvalue weighted by Gasteiger charge is 2.15. The number of rotatable bonds is 7. The minimum absolute atomic E-state index is 0.0765. The van der Waals surface area contributed by atoms with E-state index in [1.54, 1.807) is 24.3 Å². The number of nitrogens with two attached hydrogens (primary N) is 1. The Balaban J connectivity index is 1.61. The number of hydrogen-bond acceptors (Lipinski definition) is 11. The van der Waals surface area contributed by atoms with Crippen LogP contribution >= 0.6 is 0 Å². The van der Waals surface area contributed by atoms with E-state index >= 15 is 0 Å². The molecular weight excluding hydrogens is 619 g/mol. The zero-order valence-corrected chi connectivity index (χ0v) is 24.5. The lowest BCUT2D eigenvalue weighted by atomic mass is 10.1. The molecule has 16 heteroatoms. The van der Waals surface area contributed by atoms with Gasteiger partial charge in [-0.3, -0.25) is 9.11 Å². The molecular formula is C27H21N5O8S3. The zero-order chi connectivity index (χ0) is 31.2. The van der Waals surface area contributed by atoms with Crippen molar-refractivity contribution in [2.45, 2.75) is 14.7 Å². The molecule has 4 N–H and O–H groups in total. The first-order chi connectivity index (χ1) is 20.1. The van der Waals surface area contributed by atoms with Crippen LogP contribution in [-0.2, 0) is 30.1 Å². The molecule has 0 fully saturated rings. The van der Waals surface area contributed by atoms with Gasteiger partial charge >= 0.3 is 0 Å². The molecule has 5 aromatic rings. The minimum Gasteiger partial charge on any atom is -0.398 e. The fraction of sp³-hybridized carbons (Fsp3) is 0.0370. The predicted octanol–water partition coefficient (Wildman–Crippen LogP) is 6.30. The molecule has 0 radical (unpaired) electrons. The third kappa shape index (κ3) is 6.42. The van der Waals surface area contributed by atoms with Crippen molar-refractivity contribution < 1.29 is 34.4 Å². The summed E-state index contributed by atoms with van der Waals surface area (Å²) in [7, 11) is -12.5. The molecule has 0 atom stereocenters. The van der Waals surface area contributed by atoms with Gasteiger partial charge in [-0.2, -0.15) is 21.9 Å². The van der Waals surface area contributed by atoms with E-state index in [2.05, 4.69) is 20.5 Å². The molecule has 5 rings (SSSR count). The minimum atomic E-state index is -4.58. The fourth-order valence-corrected chi connectivity index (χ4v) is 5.82. The van der Waals surface area contributed by atoms with E-state index < -0.39 is 35.0 Å². The Morgan fingerprint density at radius 2 is 0.953 bits per heavy atom. The van der Waals surface area contributed by atoms with Crippen molar-refractivity contribution in [1.29, 1.82) is 0 Å². The van der Waals surface area contributed by atoms with Crippen LogP contribution in [0, 0.1) is 0 Å². The van der Waals surface area contributed by atoms with E-state index in [-0.39, 0.29) is 32.2 Å². The lowest BCUT2D eigenvalue weighted by Gasteiger charge is -2.08. The zero-order valence-electron chi connectivity index (χ0n) is 22.0. The summed E-state index contributed by atoms with van der Waals surface area (Å²) in [5.41, 5.74) is 7.54. The maximum Gasteiger partial charge on any atom is 0.294 e. The Morgan fingerprint density at radius 1 is 0.512 bits per heavy atom. The highest BCUT2D eigenvalue weighted by Crippen LogP contribution is 2.38. The number of nitrogen functional groups attached to an aromatic ring is 1. The number of hydrogen-bond donors (Lipinski definition) is 3. The summed E-state index contributed by atoms with van der Waals surface area (Å²) in [5.74, 6) is 0. The Hall–Kier alpha value is -4.61. The van der Waals surface area contributed by atoms with Gasteiger partial charge in [-0.15, -0.1) is 15.3 Å². The van der Waals surface area contributed by atoms with Crippen molar-refractivity contribution in [2.75, 3.05) is 12.0 Å². The van der Waals surface area contributed by atoms with Gasteiger partial charge in [0.25, 0.3) is 20.2 Å². The van der Waals surface area contributed by atoms with Crippen molar-refractivity contribution in [3.8, 4) is 0 Å². The Kier molecular flexibility index (Phi) is 7.57. The van der Waals surface area contributed by atoms with E-state index in [1.807, 2.05) is 0 Å². The van der Waals surface area contributed by atoms with E-state index in [1.165, 1.54) is 48.5 Å². The van der Waals surface area contributed by atoms with Crippen LogP contribution < -0.4 is 5.73 Å². The number of anilines is 1. The third-order valence-electron chi connectivity index (χ3n) is 6.34. The summed E-state index contributed by atoms with van der Waals surface area (Å²) < 4.78 is 89.3. The average molecular weight is 640 g/mol. The van der Waals surface area contributed by atoms with Crippen molar-refractivity contribution in [1.82, 2.24) is 0 Å². The van der Waals surface area contributed by atoms with E-state index in [0.29, 0.717) is 27.5 Å². The molecule has 5 aromatic carbocycles. The third-order valence-corrected chi connectivity index (χ3v) is 9.17. The van der Waals surface area contributed by atoms with Crippen LogP contribution in [0.15, 0.2) is 120 Å². The number of azo groups is 2.